The smallest absolute Gasteiger partial charge is 0.272 e. The van der Waals surface area contributed by atoms with Crippen molar-refractivity contribution >= 4 is 33.4 Å². The number of amides is 1. The lowest BCUT2D eigenvalue weighted by Crippen LogP contribution is -2.38. The van der Waals surface area contributed by atoms with Crippen molar-refractivity contribution in [3.63, 3.8) is 0 Å². The molecule has 1 aliphatic heterocycles. The minimum Gasteiger partial charge on any atom is -0.305 e. The minimum atomic E-state index is -0.225. The maximum atomic E-state index is 12.8. The van der Waals surface area contributed by atoms with Crippen molar-refractivity contribution in [1.29, 1.82) is 0 Å². The van der Waals surface area contributed by atoms with Gasteiger partial charge in [-0.25, -0.2) is 9.97 Å². The molecule has 2 atom stereocenters. The number of carbonyl (C=O) groups is 1. The standard InChI is InChI=1S/C23H29N5O2S/c1-5-28-20-7-6-17(9-19(20)24-16(4)22(28)30)21(29)26-23-25-18(13-31-23)12-27-10-14(2)8-15(3)11-27/h6-7,9,13-15H,5,8,10-12H2,1-4H3,(H,25,26,29). The number of carbonyl (C=O) groups excluding carboxylic acids is 1. The molecule has 0 aliphatic carbocycles. The fraction of sp³-hybridized carbons (Fsp3) is 0.478. The van der Waals surface area contributed by atoms with Gasteiger partial charge in [-0.15, -0.1) is 11.3 Å². The number of piperidine rings is 1. The Kier molecular flexibility index (Phi) is 6.20. The molecule has 1 amide bonds. The number of nitrogens with one attached hydrogen (secondary N) is 1. The second-order valence-corrected chi connectivity index (χ2v) is 9.55. The first-order valence-electron chi connectivity index (χ1n) is 10.8. The second-order valence-electron chi connectivity index (χ2n) is 8.69. The third-order valence-corrected chi connectivity index (χ3v) is 6.60. The van der Waals surface area contributed by atoms with E-state index in [2.05, 4.69) is 34.0 Å². The van der Waals surface area contributed by atoms with Crippen LogP contribution in [0.4, 0.5) is 5.13 Å². The summed E-state index contributed by atoms with van der Waals surface area (Å²) < 4.78 is 1.68. The highest BCUT2D eigenvalue weighted by molar-refractivity contribution is 7.14. The number of rotatable bonds is 5. The van der Waals surface area contributed by atoms with Crippen LogP contribution in [-0.2, 0) is 13.1 Å². The number of thiazole rings is 1. The van der Waals surface area contributed by atoms with Gasteiger partial charge in [0.25, 0.3) is 11.5 Å². The second kappa shape index (κ2) is 8.88. The number of anilines is 1. The van der Waals surface area contributed by atoms with E-state index in [1.807, 2.05) is 12.3 Å². The van der Waals surface area contributed by atoms with Crippen LogP contribution in [0.1, 0.15) is 48.9 Å². The van der Waals surface area contributed by atoms with Gasteiger partial charge in [0.2, 0.25) is 0 Å². The third-order valence-electron chi connectivity index (χ3n) is 5.79. The lowest BCUT2D eigenvalue weighted by atomic mass is 9.92. The van der Waals surface area contributed by atoms with E-state index in [9.17, 15) is 9.59 Å². The molecular formula is C23H29N5O2S. The van der Waals surface area contributed by atoms with Gasteiger partial charge >= 0.3 is 0 Å². The van der Waals surface area contributed by atoms with Crippen LogP contribution in [0.15, 0.2) is 28.4 Å². The van der Waals surface area contributed by atoms with Crippen molar-refractivity contribution in [1.82, 2.24) is 19.4 Å². The molecule has 1 saturated heterocycles. The largest absolute Gasteiger partial charge is 0.305 e. The SMILES string of the molecule is CCn1c(=O)c(C)nc2cc(C(=O)Nc3nc(CN4CC(C)CC(C)C4)cs3)ccc21. The molecule has 0 radical (unpaired) electrons. The monoisotopic (exact) mass is 439 g/mol. The molecule has 164 valence electrons. The summed E-state index contributed by atoms with van der Waals surface area (Å²) in [5.74, 6) is 1.18. The van der Waals surface area contributed by atoms with Gasteiger partial charge in [0, 0.05) is 37.1 Å². The van der Waals surface area contributed by atoms with Crippen molar-refractivity contribution in [2.24, 2.45) is 11.8 Å². The predicted molar refractivity (Wildman–Crippen MR) is 125 cm³/mol. The maximum Gasteiger partial charge on any atom is 0.272 e. The van der Waals surface area contributed by atoms with Crippen molar-refractivity contribution in [3.8, 4) is 0 Å². The van der Waals surface area contributed by atoms with E-state index in [0.717, 1.165) is 30.8 Å². The fourth-order valence-corrected chi connectivity index (χ4v) is 5.28. The first-order chi connectivity index (χ1) is 14.8. The molecule has 1 fully saturated rings. The Morgan fingerprint density at radius 3 is 2.68 bits per heavy atom. The Bertz CT molecular complexity index is 1160. The summed E-state index contributed by atoms with van der Waals surface area (Å²) in [6.07, 6.45) is 1.28. The van der Waals surface area contributed by atoms with Crippen LogP contribution in [0, 0.1) is 18.8 Å². The molecule has 1 N–H and O–H groups in total. The molecule has 1 aromatic carbocycles. The molecule has 4 rings (SSSR count). The summed E-state index contributed by atoms with van der Waals surface area (Å²) in [6.45, 7) is 11.8. The zero-order valence-corrected chi connectivity index (χ0v) is 19.3. The molecule has 2 unspecified atom stereocenters. The van der Waals surface area contributed by atoms with Gasteiger partial charge in [-0.05, 0) is 50.3 Å². The maximum absolute atomic E-state index is 12.8. The van der Waals surface area contributed by atoms with Crippen LogP contribution in [0.5, 0.6) is 0 Å². The summed E-state index contributed by atoms with van der Waals surface area (Å²) in [7, 11) is 0. The predicted octanol–water partition coefficient (Wildman–Crippen LogP) is 3.91. The summed E-state index contributed by atoms with van der Waals surface area (Å²) in [5, 5.41) is 5.52. The van der Waals surface area contributed by atoms with Crippen molar-refractivity contribution in [2.45, 2.75) is 47.2 Å². The Morgan fingerprint density at radius 2 is 1.97 bits per heavy atom. The van der Waals surface area contributed by atoms with E-state index in [4.69, 9.17) is 0 Å². The fourth-order valence-electron chi connectivity index (χ4n) is 4.59. The van der Waals surface area contributed by atoms with Crippen LogP contribution in [0.3, 0.4) is 0 Å². The highest BCUT2D eigenvalue weighted by Crippen LogP contribution is 2.24. The minimum absolute atomic E-state index is 0.0972. The van der Waals surface area contributed by atoms with E-state index in [0.29, 0.717) is 40.3 Å². The van der Waals surface area contributed by atoms with Crippen LogP contribution in [0.2, 0.25) is 0 Å². The van der Waals surface area contributed by atoms with Gasteiger partial charge in [0.1, 0.15) is 5.69 Å². The molecule has 3 heterocycles. The number of fused-ring (bicyclic) bond motifs is 1. The quantitative estimate of drug-likeness (QED) is 0.652. The number of benzene rings is 1. The Hall–Kier alpha value is -2.58. The van der Waals surface area contributed by atoms with Crippen LogP contribution in [0.25, 0.3) is 11.0 Å². The normalized spacial score (nSPS) is 19.6. The molecule has 3 aromatic rings. The highest BCUT2D eigenvalue weighted by atomic mass is 32.1. The van der Waals surface area contributed by atoms with Gasteiger partial charge in [-0.2, -0.15) is 0 Å². The molecule has 0 saturated carbocycles. The van der Waals surface area contributed by atoms with Gasteiger partial charge in [-0.1, -0.05) is 13.8 Å². The first-order valence-corrected chi connectivity index (χ1v) is 11.7. The van der Waals surface area contributed by atoms with E-state index in [1.165, 1.54) is 17.8 Å². The topological polar surface area (TPSA) is 80.1 Å². The average molecular weight is 440 g/mol. The summed E-state index contributed by atoms with van der Waals surface area (Å²) >= 11 is 1.45. The zero-order chi connectivity index (χ0) is 22.1. The van der Waals surface area contributed by atoms with E-state index in [-0.39, 0.29) is 11.5 Å². The molecule has 0 spiro atoms. The van der Waals surface area contributed by atoms with Gasteiger partial charge in [-0.3, -0.25) is 19.8 Å². The van der Waals surface area contributed by atoms with E-state index in [1.54, 1.807) is 29.7 Å². The summed E-state index contributed by atoms with van der Waals surface area (Å²) in [6, 6.07) is 5.24. The number of nitrogens with zero attached hydrogens (tertiary/aromatic N) is 4. The Labute approximate surface area is 186 Å². The van der Waals surface area contributed by atoms with E-state index >= 15 is 0 Å². The molecular weight excluding hydrogens is 410 g/mol. The molecule has 2 aromatic heterocycles. The zero-order valence-electron chi connectivity index (χ0n) is 18.5. The van der Waals surface area contributed by atoms with Gasteiger partial charge in [0.15, 0.2) is 5.13 Å². The van der Waals surface area contributed by atoms with Crippen LogP contribution < -0.4 is 10.9 Å². The summed E-state index contributed by atoms with van der Waals surface area (Å²) in [5.41, 5.74) is 3.19. The average Bonchev–Trinajstić information content (AvgIpc) is 3.14. The lowest BCUT2D eigenvalue weighted by Gasteiger charge is -2.34. The highest BCUT2D eigenvalue weighted by Gasteiger charge is 2.22. The molecule has 8 heteroatoms. The molecule has 31 heavy (non-hydrogen) atoms. The number of hydrogen-bond donors (Lipinski definition) is 1. The van der Waals surface area contributed by atoms with Crippen molar-refractivity contribution in [3.05, 3.63) is 50.9 Å². The Balaban J connectivity index is 1.48. The number of hydrogen-bond acceptors (Lipinski definition) is 6. The lowest BCUT2D eigenvalue weighted by molar-refractivity contribution is 0.102. The van der Waals surface area contributed by atoms with Crippen LogP contribution >= 0.6 is 11.3 Å². The van der Waals surface area contributed by atoms with Gasteiger partial charge < -0.3 is 4.57 Å². The van der Waals surface area contributed by atoms with Crippen molar-refractivity contribution in [2.75, 3.05) is 18.4 Å². The molecule has 1 aliphatic rings. The van der Waals surface area contributed by atoms with Gasteiger partial charge in [0.05, 0.1) is 16.7 Å². The molecule has 7 nitrogen and oxygen atoms in total. The number of aromatic nitrogens is 3. The first kappa shape index (κ1) is 21.6. The Morgan fingerprint density at radius 1 is 1.23 bits per heavy atom. The molecule has 0 bridgehead atoms. The summed E-state index contributed by atoms with van der Waals surface area (Å²) in [4.78, 5) is 36.5. The number of aryl methyl sites for hydroxylation is 2. The van der Waals surface area contributed by atoms with E-state index < -0.39 is 0 Å². The van der Waals surface area contributed by atoms with Crippen molar-refractivity contribution < 1.29 is 4.79 Å². The number of likely N-dealkylation sites (tertiary alicyclic amines) is 1. The third kappa shape index (κ3) is 4.70. The van der Waals surface area contributed by atoms with Crippen LogP contribution in [-0.4, -0.2) is 38.4 Å².